The second-order valence-electron chi connectivity index (χ2n) is 7.64. The molecule has 0 fully saturated rings. The SMILES string of the molecule is CCOC(=O)c1cnn(-c2nc(OC)c3c(cnn3Cc3cccc(-c4ccccc4F)c3)n2)c1. The highest BCUT2D eigenvalue weighted by Gasteiger charge is 2.18. The minimum Gasteiger partial charge on any atom is -0.479 e. The van der Waals surface area contributed by atoms with Crippen molar-refractivity contribution in [3.8, 4) is 23.0 Å². The molecule has 0 N–H and O–H groups in total. The normalized spacial score (nSPS) is 11.1. The summed E-state index contributed by atoms with van der Waals surface area (Å²) in [7, 11) is 1.51. The zero-order chi connectivity index (χ0) is 24.4. The lowest BCUT2D eigenvalue weighted by molar-refractivity contribution is 0.0526. The number of hydrogen-bond donors (Lipinski definition) is 0. The van der Waals surface area contributed by atoms with Crippen LogP contribution in [-0.4, -0.2) is 49.2 Å². The van der Waals surface area contributed by atoms with Crippen LogP contribution in [0.1, 0.15) is 22.8 Å². The first kappa shape index (κ1) is 22.2. The number of fused-ring (bicyclic) bond motifs is 1. The first-order valence-electron chi connectivity index (χ1n) is 10.9. The molecule has 5 aromatic rings. The summed E-state index contributed by atoms with van der Waals surface area (Å²) in [5.41, 5.74) is 3.67. The molecule has 0 unspecified atom stereocenters. The van der Waals surface area contributed by atoms with E-state index in [4.69, 9.17) is 9.47 Å². The third-order valence-corrected chi connectivity index (χ3v) is 5.38. The van der Waals surface area contributed by atoms with Crippen molar-refractivity contribution in [1.29, 1.82) is 0 Å². The van der Waals surface area contributed by atoms with Crippen LogP contribution < -0.4 is 4.74 Å². The zero-order valence-electron chi connectivity index (χ0n) is 19.1. The number of carbonyl (C=O) groups excluding carboxylic acids is 1. The van der Waals surface area contributed by atoms with Gasteiger partial charge in [-0.3, -0.25) is 4.68 Å². The van der Waals surface area contributed by atoms with E-state index < -0.39 is 5.97 Å². The average Bonchev–Trinajstić information content (AvgIpc) is 3.52. The molecule has 5 rings (SSSR count). The van der Waals surface area contributed by atoms with Crippen LogP contribution in [0, 0.1) is 5.82 Å². The summed E-state index contributed by atoms with van der Waals surface area (Å²) >= 11 is 0. The molecule has 3 aromatic heterocycles. The Labute approximate surface area is 199 Å². The molecule has 176 valence electrons. The number of rotatable bonds is 7. The Morgan fingerprint density at radius 1 is 1.06 bits per heavy atom. The van der Waals surface area contributed by atoms with E-state index in [9.17, 15) is 9.18 Å². The molecule has 0 spiro atoms. The first-order valence-corrected chi connectivity index (χ1v) is 10.9. The molecule has 9 nitrogen and oxygen atoms in total. The number of nitrogens with zero attached hydrogens (tertiary/aromatic N) is 6. The maximum Gasteiger partial charge on any atom is 0.341 e. The van der Waals surface area contributed by atoms with Gasteiger partial charge in [-0.15, -0.1) is 0 Å². The molecule has 0 radical (unpaired) electrons. The lowest BCUT2D eigenvalue weighted by Gasteiger charge is -2.10. The second kappa shape index (κ2) is 9.34. The van der Waals surface area contributed by atoms with Crippen LogP contribution in [0.4, 0.5) is 4.39 Å². The Balaban J connectivity index is 1.48. The van der Waals surface area contributed by atoms with Gasteiger partial charge in [-0.2, -0.15) is 15.2 Å². The number of benzene rings is 2. The molecule has 0 saturated heterocycles. The van der Waals surface area contributed by atoms with Gasteiger partial charge in [0.05, 0.1) is 38.2 Å². The zero-order valence-corrected chi connectivity index (χ0v) is 19.1. The van der Waals surface area contributed by atoms with Gasteiger partial charge in [0, 0.05) is 11.8 Å². The van der Waals surface area contributed by atoms with Gasteiger partial charge in [0.2, 0.25) is 5.88 Å². The van der Waals surface area contributed by atoms with E-state index >= 15 is 0 Å². The summed E-state index contributed by atoms with van der Waals surface area (Å²) in [5, 5.41) is 8.64. The molecule has 2 aromatic carbocycles. The van der Waals surface area contributed by atoms with Crippen molar-refractivity contribution in [3.05, 3.63) is 84.1 Å². The number of methoxy groups -OCH3 is 1. The van der Waals surface area contributed by atoms with Gasteiger partial charge in [0.1, 0.15) is 16.9 Å². The van der Waals surface area contributed by atoms with Crippen molar-refractivity contribution in [3.63, 3.8) is 0 Å². The van der Waals surface area contributed by atoms with Crippen LogP contribution >= 0.6 is 0 Å². The molecule has 0 saturated carbocycles. The Bertz CT molecular complexity index is 1530. The van der Waals surface area contributed by atoms with Crippen LogP contribution in [0.2, 0.25) is 0 Å². The predicted octanol–water partition coefficient (Wildman–Crippen LogP) is 4.05. The first-order chi connectivity index (χ1) is 17.1. The number of aromatic nitrogens is 6. The van der Waals surface area contributed by atoms with Gasteiger partial charge in [-0.1, -0.05) is 36.4 Å². The molecule has 3 heterocycles. The van der Waals surface area contributed by atoms with Crippen LogP contribution in [0.15, 0.2) is 67.1 Å². The van der Waals surface area contributed by atoms with E-state index in [0.717, 1.165) is 11.1 Å². The third-order valence-electron chi connectivity index (χ3n) is 5.38. The number of ether oxygens (including phenoxy) is 2. The van der Waals surface area contributed by atoms with Crippen molar-refractivity contribution >= 4 is 17.0 Å². The minimum atomic E-state index is -0.475. The third kappa shape index (κ3) is 4.33. The van der Waals surface area contributed by atoms with Gasteiger partial charge in [0.15, 0.2) is 0 Å². The number of halogens is 1. The molecule has 10 heteroatoms. The Morgan fingerprint density at radius 2 is 1.91 bits per heavy atom. The number of carbonyl (C=O) groups is 1. The summed E-state index contributed by atoms with van der Waals surface area (Å²) in [6.45, 7) is 2.40. The lowest BCUT2D eigenvalue weighted by atomic mass is 10.0. The van der Waals surface area contributed by atoms with Gasteiger partial charge in [-0.25, -0.2) is 18.9 Å². The molecule has 0 aliphatic rings. The van der Waals surface area contributed by atoms with Gasteiger partial charge < -0.3 is 9.47 Å². The minimum absolute atomic E-state index is 0.228. The summed E-state index contributed by atoms with van der Waals surface area (Å²) in [5.74, 6) is -0.217. The summed E-state index contributed by atoms with van der Waals surface area (Å²) < 4.78 is 27.9. The van der Waals surface area contributed by atoms with E-state index in [0.29, 0.717) is 34.6 Å². The fourth-order valence-electron chi connectivity index (χ4n) is 3.78. The Hall–Kier alpha value is -4.60. The molecular formula is C25H21FN6O3. The largest absolute Gasteiger partial charge is 0.479 e. The van der Waals surface area contributed by atoms with Gasteiger partial charge in [-0.05, 0) is 30.2 Å². The molecule has 0 amide bonds. The number of hydrogen-bond acceptors (Lipinski definition) is 7. The second-order valence-corrected chi connectivity index (χ2v) is 7.64. The van der Waals surface area contributed by atoms with Crippen molar-refractivity contribution in [1.82, 2.24) is 29.5 Å². The topological polar surface area (TPSA) is 97.0 Å². The Morgan fingerprint density at radius 3 is 2.71 bits per heavy atom. The molecule has 35 heavy (non-hydrogen) atoms. The highest BCUT2D eigenvalue weighted by molar-refractivity contribution is 5.88. The van der Waals surface area contributed by atoms with Crippen molar-refractivity contribution in [2.24, 2.45) is 0 Å². The van der Waals surface area contributed by atoms with Crippen molar-refractivity contribution < 1.29 is 18.7 Å². The summed E-state index contributed by atoms with van der Waals surface area (Å²) in [4.78, 5) is 21.0. The van der Waals surface area contributed by atoms with Gasteiger partial charge >= 0.3 is 5.97 Å². The average molecular weight is 472 g/mol. The molecule has 0 aliphatic heterocycles. The summed E-state index contributed by atoms with van der Waals surface area (Å²) in [6, 6.07) is 14.3. The van der Waals surface area contributed by atoms with Crippen LogP contribution in [0.3, 0.4) is 0 Å². The summed E-state index contributed by atoms with van der Waals surface area (Å²) in [6.07, 6.45) is 4.50. The van der Waals surface area contributed by atoms with E-state index in [2.05, 4.69) is 20.2 Å². The molecule has 0 bridgehead atoms. The molecule has 0 aliphatic carbocycles. The van der Waals surface area contributed by atoms with E-state index in [-0.39, 0.29) is 18.4 Å². The highest BCUT2D eigenvalue weighted by atomic mass is 19.1. The monoisotopic (exact) mass is 472 g/mol. The molecular weight excluding hydrogens is 451 g/mol. The highest BCUT2D eigenvalue weighted by Crippen LogP contribution is 2.26. The van der Waals surface area contributed by atoms with Crippen molar-refractivity contribution in [2.45, 2.75) is 13.5 Å². The van der Waals surface area contributed by atoms with E-state index in [1.165, 1.54) is 30.3 Å². The van der Waals surface area contributed by atoms with Gasteiger partial charge in [0.25, 0.3) is 5.95 Å². The molecule has 0 atom stereocenters. The smallest absolute Gasteiger partial charge is 0.341 e. The van der Waals surface area contributed by atoms with E-state index in [1.807, 2.05) is 24.3 Å². The standard InChI is InChI=1S/C25H21FN6O3/c1-3-35-24(33)18-12-27-32(15-18)25-29-21-13-28-31(22(21)23(30-25)34-2)14-16-7-6-8-17(11-16)19-9-4-5-10-20(19)26/h4-13,15H,3,14H2,1-2H3. The maximum atomic E-state index is 14.3. The van der Waals surface area contributed by atoms with E-state index in [1.54, 1.807) is 36.0 Å². The van der Waals surface area contributed by atoms with Crippen molar-refractivity contribution in [2.75, 3.05) is 13.7 Å². The van der Waals surface area contributed by atoms with Crippen LogP contribution in [-0.2, 0) is 11.3 Å². The van der Waals surface area contributed by atoms with Crippen LogP contribution in [0.25, 0.3) is 28.1 Å². The fourth-order valence-corrected chi connectivity index (χ4v) is 3.78. The lowest BCUT2D eigenvalue weighted by Crippen LogP contribution is -2.07. The van der Waals surface area contributed by atoms with Crippen LogP contribution in [0.5, 0.6) is 5.88 Å². The quantitative estimate of drug-likeness (QED) is 0.330. The Kier molecular flexibility index (Phi) is 5.92. The number of esters is 1. The maximum absolute atomic E-state index is 14.3. The fraction of sp³-hybridized carbons (Fsp3) is 0.160. The predicted molar refractivity (Wildman–Crippen MR) is 126 cm³/mol.